The molecule has 0 aliphatic carbocycles. The van der Waals surface area contributed by atoms with E-state index in [1.165, 1.54) is 11.1 Å². The minimum atomic E-state index is -0.985. The van der Waals surface area contributed by atoms with E-state index in [1.54, 1.807) is 6.07 Å². The zero-order chi connectivity index (χ0) is 11.4. The number of carbonyl (C=O) groups is 1. The van der Waals surface area contributed by atoms with Gasteiger partial charge in [0.1, 0.15) is 6.04 Å². The van der Waals surface area contributed by atoms with Crippen molar-refractivity contribution < 1.29 is 9.90 Å². The zero-order valence-corrected chi connectivity index (χ0v) is 9.16. The first kappa shape index (κ1) is 11.7. The number of benzene rings is 1. The summed E-state index contributed by atoms with van der Waals surface area (Å²) in [5.74, 6) is -0.985. The van der Waals surface area contributed by atoms with E-state index in [9.17, 15) is 4.79 Å². The minimum Gasteiger partial charge on any atom is -0.480 e. The first-order valence-corrected chi connectivity index (χ1v) is 5.20. The standard InChI is InChI=1S/C12H17NO2/c1-3-8-5-6-10(7-9(8)4-2)11(13)12(14)15/h5-7,11H,3-4,13H2,1-2H3,(H,14,15). The van der Waals surface area contributed by atoms with Crippen LogP contribution in [0.2, 0.25) is 0 Å². The molecule has 0 aliphatic rings. The lowest BCUT2D eigenvalue weighted by atomic mass is 9.97. The van der Waals surface area contributed by atoms with Crippen molar-refractivity contribution in [1.82, 2.24) is 0 Å². The van der Waals surface area contributed by atoms with E-state index in [-0.39, 0.29) is 0 Å². The molecule has 0 fully saturated rings. The maximum absolute atomic E-state index is 10.7. The Kier molecular flexibility index (Phi) is 3.86. The smallest absolute Gasteiger partial charge is 0.325 e. The lowest BCUT2D eigenvalue weighted by molar-refractivity contribution is -0.138. The Morgan fingerprint density at radius 3 is 2.40 bits per heavy atom. The average Bonchev–Trinajstić information content (AvgIpc) is 2.26. The van der Waals surface area contributed by atoms with Gasteiger partial charge in [0.2, 0.25) is 0 Å². The molecule has 0 heterocycles. The van der Waals surface area contributed by atoms with Crippen LogP contribution in [0, 0.1) is 0 Å². The molecule has 1 aromatic carbocycles. The summed E-state index contributed by atoms with van der Waals surface area (Å²) in [6.07, 6.45) is 1.87. The number of hydrogen-bond acceptors (Lipinski definition) is 2. The van der Waals surface area contributed by atoms with Crippen molar-refractivity contribution in [2.24, 2.45) is 5.73 Å². The lowest BCUT2D eigenvalue weighted by Crippen LogP contribution is -2.20. The second-order valence-electron chi connectivity index (χ2n) is 3.55. The molecule has 0 spiro atoms. The highest BCUT2D eigenvalue weighted by Gasteiger charge is 2.14. The molecule has 3 nitrogen and oxygen atoms in total. The Morgan fingerprint density at radius 1 is 1.33 bits per heavy atom. The van der Waals surface area contributed by atoms with Gasteiger partial charge < -0.3 is 10.8 Å². The van der Waals surface area contributed by atoms with Crippen molar-refractivity contribution >= 4 is 5.97 Å². The van der Waals surface area contributed by atoms with E-state index in [0.29, 0.717) is 5.56 Å². The fourth-order valence-electron chi connectivity index (χ4n) is 1.66. The van der Waals surface area contributed by atoms with Gasteiger partial charge in [0.15, 0.2) is 0 Å². The van der Waals surface area contributed by atoms with Crippen LogP contribution >= 0.6 is 0 Å². The summed E-state index contributed by atoms with van der Waals surface area (Å²) in [7, 11) is 0. The Labute approximate surface area is 89.9 Å². The van der Waals surface area contributed by atoms with Crippen LogP contribution in [0.1, 0.15) is 36.6 Å². The molecule has 3 N–H and O–H groups in total. The summed E-state index contributed by atoms with van der Waals surface area (Å²) >= 11 is 0. The van der Waals surface area contributed by atoms with Crippen LogP contribution in [0.3, 0.4) is 0 Å². The first-order valence-electron chi connectivity index (χ1n) is 5.20. The molecule has 1 aromatic rings. The van der Waals surface area contributed by atoms with Crippen molar-refractivity contribution in [3.8, 4) is 0 Å². The SMILES string of the molecule is CCc1ccc(C(N)C(=O)O)cc1CC. The summed E-state index contributed by atoms with van der Waals surface area (Å²) in [5, 5.41) is 8.80. The normalized spacial score (nSPS) is 12.5. The summed E-state index contributed by atoms with van der Waals surface area (Å²) in [6.45, 7) is 4.15. The molecular weight excluding hydrogens is 190 g/mol. The molecule has 15 heavy (non-hydrogen) atoms. The number of aliphatic carboxylic acids is 1. The molecule has 1 rings (SSSR count). The highest BCUT2D eigenvalue weighted by Crippen LogP contribution is 2.18. The van der Waals surface area contributed by atoms with E-state index in [1.807, 2.05) is 12.1 Å². The molecule has 82 valence electrons. The number of carboxylic acids is 1. The van der Waals surface area contributed by atoms with Crippen LogP contribution in [0.15, 0.2) is 18.2 Å². The van der Waals surface area contributed by atoms with Gasteiger partial charge in [-0.25, -0.2) is 0 Å². The van der Waals surface area contributed by atoms with Crippen molar-refractivity contribution in [3.63, 3.8) is 0 Å². The number of carboxylic acid groups (broad SMARTS) is 1. The van der Waals surface area contributed by atoms with Crippen LogP contribution in [-0.2, 0) is 17.6 Å². The quantitative estimate of drug-likeness (QED) is 0.792. The molecule has 0 aliphatic heterocycles. The van der Waals surface area contributed by atoms with Crippen LogP contribution in [0.5, 0.6) is 0 Å². The third kappa shape index (κ3) is 2.57. The highest BCUT2D eigenvalue weighted by atomic mass is 16.4. The minimum absolute atomic E-state index is 0.677. The highest BCUT2D eigenvalue weighted by molar-refractivity contribution is 5.75. The second kappa shape index (κ2) is 4.94. The molecule has 3 heteroatoms. The van der Waals surface area contributed by atoms with Gasteiger partial charge in [-0.15, -0.1) is 0 Å². The fraction of sp³-hybridized carbons (Fsp3) is 0.417. The summed E-state index contributed by atoms with van der Waals surface area (Å²) in [5.41, 5.74) is 8.68. The molecule has 0 radical (unpaired) electrons. The average molecular weight is 207 g/mol. The van der Waals surface area contributed by atoms with Crippen molar-refractivity contribution in [2.45, 2.75) is 32.7 Å². The van der Waals surface area contributed by atoms with Crippen LogP contribution < -0.4 is 5.73 Å². The Hall–Kier alpha value is -1.35. The van der Waals surface area contributed by atoms with Gasteiger partial charge in [0.05, 0.1) is 0 Å². The third-order valence-corrected chi connectivity index (χ3v) is 2.62. The fourth-order valence-corrected chi connectivity index (χ4v) is 1.66. The molecule has 0 amide bonds. The third-order valence-electron chi connectivity index (χ3n) is 2.62. The van der Waals surface area contributed by atoms with E-state index in [4.69, 9.17) is 10.8 Å². The number of aryl methyl sites for hydroxylation is 2. The van der Waals surface area contributed by atoms with Gasteiger partial charge in [-0.1, -0.05) is 32.0 Å². The van der Waals surface area contributed by atoms with E-state index in [0.717, 1.165) is 12.8 Å². The number of hydrogen-bond donors (Lipinski definition) is 2. The summed E-state index contributed by atoms with van der Waals surface area (Å²) in [6, 6.07) is 4.76. The van der Waals surface area contributed by atoms with Crippen molar-refractivity contribution in [3.05, 3.63) is 34.9 Å². The van der Waals surface area contributed by atoms with Crippen LogP contribution in [-0.4, -0.2) is 11.1 Å². The molecule has 0 saturated heterocycles. The van der Waals surface area contributed by atoms with Gasteiger partial charge in [0.25, 0.3) is 0 Å². The van der Waals surface area contributed by atoms with E-state index < -0.39 is 12.0 Å². The number of rotatable bonds is 4. The summed E-state index contributed by atoms with van der Waals surface area (Å²) in [4.78, 5) is 10.7. The zero-order valence-electron chi connectivity index (χ0n) is 9.16. The monoisotopic (exact) mass is 207 g/mol. The lowest BCUT2D eigenvalue weighted by Gasteiger charge is -2.11. The summed E-state index contributed by atoms with van der Waals surface area (Å²) < 4.78 is 0. The molecule has 0 saturated carbocycles. The number of nitrogens with two attached hydrogens (primary N) is 1. The predicted molar refractivity (Wildman–Crippen MR) is 59.8 cm³/mol. The predicted octanol–water partition coefficient (Wildman–Crippen LogP) is 1.90. The first-order chi connectivity index (χ1) is 7.10. The Morgan fingerprint density at radius 2 is 1.93 bits per heavy atom. The van der Waals surface area contributed by atoms with Gasteiger partial charge in [-0.3, -0.25) is 4.79 Å². The van der Waals surface area contributed by atoms with Crippen molar-refractivity contribution in [1.29, 1.82) is 0 Å². The largest absolute Gasteiger partial charge is 0.480 e. The van der Waals surface area contributed by atoms with Crippen molar-refractivity contribution in [2.75, 3.05) is 0 Å². The molecule has 0 aromatic heterocycles. The van der Waals surface area contributed by atoms with E-state index in [2.05, 4.69) is 13.8 Å². The van der Waals surface area contributed by atoms with Gasteiger partial charge in [-0.05, 0) is 29.5 Å². The molecule has 0 bridgehead atoms. The Bertz CT molecular complexity index is 361. The molecular formula is C12H17NO2. The molecule has 1 atom stereocenters. The second-order valence-corrected chi connectivity index (χ2v) is 3.55. The van der Waals surface area contributed by atoms with E-state index >= 15 is 0 Å². The van der Waals surface area contributed by atoms with Crippen LogP contribution in [0.25, 0.3) is 0 Å². The Balaban J connectivity index is 3.07. The van der Waals surface area contributed by atoms with Gasteiger partial charge in [-0.2, -0.15) is 0 Å². The van der Waals surface area contributed by atoms with Crippen LogP contribution in [0.4, 0.5) is 0 Å². The maximum atomic E-state index is 10.7. The van der Waals surface area contributed by atoms with Gasteiger partial charge in [0, 0.05) is 0 Å². The topological polar surface area (TPSA) is 63.3 Å². The molecule has 1 unspecified atom stereocenters. The van der Waals surface area contributed by atoms with Gasteiger partial charge >= 0.3 is 5.97 Å². The maximum Gasteiger partial charge on any atom is 0.325 e.